The second-order valence-corrected chi connectivity index (χ2v) is 5.65. The van der Waals surface area contributed by atoms with E-state index in [2.05, 4.69) is 16.8 Å². The molecular formula is C16H16N2O3. The number of ether oxygens (including phenoxy) is 1. The fraction of sp³-hybridized carbons (Fsp3) is 0.312. The predicted molar refractivity (Wildman–Crippen MR) is 80.3 cm³/mol. The van der Waals surface area contributed by atoms with Crippen LogP contribution >= 0.6 is 0 Å². The summed E-state index contributed by atoms with van der Waals surface area (Å²) in [6, 6.07) is 7.13. The third-order valence-electron chi connectivity index (χ3n) is 4.34. The maximum Gasteiger partial charge on any atom is 0.344 e. The van der Waals surface area contributed by atoms with Gasteiger partial charge in [-0.3, -0.25) is 0 Å². The number of carbonyl (C=O) groups excluding carboxylic acids is 1. The van der Waals surface area contributed by atoms with Crippen LogP contribution in [0.5, 0.6) is 11.5 Å². The maximum atomic E-state index is 11.9. The molecule has 1 saturated heterocycles. The number of hydrogen-bond donors (Lipinski definition) is 1. The lowest BCUT2D eigenvalue weighted by atomic mass is 10.0. The lowest BCUT2D eigenvalue weighted by Gasteiger charge is -2.34. The van der Waals surface area contributed by atoms with E-state index < -0.39 is 0 Å². The van der Waals surface area contributed by atoms with Gasteiger partial charge in [0.1, 0.15) is 11.5 Å². The molecule has 0 bridgehead atoms. The topological polar surface area (TPSA) is 53.0 Å². The van der Waals surface area contributed by atoms with E-state index in [4.69, 9.17) is 4.74 Å². The lowest BCUT2D eigenvalue weighted by Crippen LogP contribution is -2.44. The molecule has 0 aliphatic carbocycles. The number of phenols is 1. The Morgan fingerprint density at radius 1 is 1.19 bits per heavy atom. The van der Waals surface area contributed by atoms with Gasteiger partial charge in [-0.25, -0.2) is 4.79 Å². The summed E-state index contributed by atoms with van der Waals surface area (Å²) in [5.74, 6) is 0.446. The number of phenolic OH excluding ortho intramolecular Hbond substituents is 1. The summed E-state index contributed by atoms with van der Waals surface area (Å²) in [4.78, 5) is 16.3. The Kier molecular flexibility index (Phi) is 2.59. The van der Waals surface area contributed by atoms with Crippen molar-refractivity contribution in [3.05, 3.63) is 29.8 Å². The molecule has 0 aromatic heterocycles. The number of esters is 1. The Labute approximate surface area is 122 Å². The number of hydrogen-bond acceptors (Lipinski definition) is 5. The molecule has 0 unspecified atom stereocenters. The molecule has 1 N–H and O–H groups in total. The normalized spacial score (nSPS) is 18.3. The quantitative estimate of drug-likeness (QED) is 0.639. The summed E-state index contributed by atoms with van der Waals surface area (Å²) in [5, 5.41) is 12.0. The van der Waals surface area contributed by atoms with Crippen molar-refractivity contribution in [3.8, 4) is 11.5 Å². The molecule has 108 valence electrons. The average Bonchev–Trinajstić information content (AvgIpc) is 2.81. The van der Waals surface area contributed by atoms with Crippen LogP contribution in [0.1, 0.15) is 10.4 Å². The van der Waals surface area contributed by atoms with Crippen molar-refractivity contribution in [2.45, 2.75) is 0 Å². The minimum atomic E-state index is -0.342. The van der Waals surface area contributed by atoms with E-state index in [0.717, 1.165) is 37.3 Å². The van der Waals surface area contributed by atoms with Crippen LogP contribution in [0, 0.1) is 0 Å². The fourth-order valence-electron chi connectivity index (χ4n) is 3.11. The zero-order valence-corrected chi connectivity index (χ0v) is 11.8. The molecule has 0 radical (unpaired) electrons. The first-order valence-electron chi connectivity index (χ1n) is 7.09. The Morgan fingerprint density at radius 2 is 1.95 bits per heavy atom. The van der Waals surface area contributed by atoms with Crippen LogP contribution in [0.2, 0.25) is 0 Å². The largest absolute Gasteiger partial charge is 0.505 e. The number of piperazine rings is 1. The van der Waals surface area contributed by atoms with E-state index in [9.17, 15) is 9.90 Å². The number of rotatable bonds is 1. The number of nitrogens with zero attached hydrogens (tertiary/aromatic N) is 2. The zero-order chi connectivity index (χ0) is 14.6. The van der Waals surface area contributed by atoms with Crippen LogP contribution in [-0.2, 0) is 0 Å². The van der Waals surface area contributed by atoms with Crippen LogP contribution in [0.15, 0.2) is 24.3 Å². The van der Waals surface area contributed by atoms with Gasteiger partial charge in [-0.1, -0.05) is 12.1 Å². The van der Waals surface area contributed by atoms with Gasteiger partial charge < -0.3 is 19.6 Å². The standard InChI is InChI=1S/C16H16N2O3/c1-17-5-7-18(8-6-17)12-9-13-14-10(15(12)19)3-2-4-11(14)16(20)21-13/h2-4,9,19H,5-8H2,1H3. The van der Waals surface area contributed by atoms with Gasteiger partial charge >= 0.3 is 5.97 Å². The second-order valence-electron chi connectivity index (χ2n) is 5.65. The number of likely N-dealkylation sites (N-methyl/N-ethyl adjacent to an activating group) is 1. The molecule has 1 fully saturated rings. The molecular weight excluding hydrogens is 268 g/mol. The van der Waals surface area contributed by atoms with Gasteiger partial charge in [0.15, 0.2) is 0 Å². The minimum absolute atomic E-state index is 0.235. The van der Waals surface area contributed by atoms with Crippen molar-refractivity contribution in [2.75, 3.05) is 38.1 Å². The van der Waals surface area contributed by atoms with E-state index in [1.165, 1.54) is 0 Å². The summed E-state index contributed by atoms with van der Waals surface area (Å²) >= 11 is 0. The van der Waals surface area contributed by atoms with E-state index >= 15 is 0 Å². The van der Waals surface area contributed by atoms with Crippen molar-refractivity contribution < 1.29 is 14.6 Å². The van der Waals surface area contributed by atoms with Crippen molar-refractivity contribution in [1.29, 1.82) is 0 Å². The molecule has 4 rings (SSSR count). The van der Waals surface area contributed by atoms with E-state index in [1.807, 2.05) is 6.07 Å². The van der Waals surface area contributed by atoms with Gasteiger partial charge in [0.25, 0.3) is 0 Å². The minimum Gasteiger partial charge on any atom is -0.505 e. The molecule has 5 nitrogen and oxygen atoms in total. The predicted octanol–water partition coefficient (Wildman–Crippen LogP) is 1.83. The molecule has 2 aliphatic heterocycles. The first-order valence-corrected chi connectivity index (χ1v) is 7.09. The first-order chi connectivity index (χ1) is 10.1. The summed E-state index contributed by atoms with van der Waals surface area (Å²) in [6.45, 7) is 3.60. The molecule has 0 saturated carbocycles. The number of anilines is 1. The van der Waals surface area contributed by atoms with Gasteiger partial charge in [-0.15, -0.1) is 0 Å². The smallest absolute Gasteiger partial charge is 0.344 e. The Morgan fingerprint density at radius 3 is 2.71 bits per heavy atom. The van der Waals surface area contributed by atoms with E-state index in [0.29, 0.717) is 16.7 Å². The highest BCUT2D eigenvalue weighted by atomic mass is 16.5. The van der Waals surface area contributed by atoms with Gasteiger partial charge in [0, 0.05) is 43.0 Å². The van der Waals surface area contributed by atoms with Crippen LogP contribution in [-0.4, -0.2) is 49.2 Å². The monoisotopic (exact) mass is 284 g/mol. The number of carbonyl (C=O) groups is 1. The highest BCUT2D eigenvalue weighted by Gasteiger charge is 2.28. The summed E-state index contributed by atoms with van der Waals surface area (Å²) in [5.41, 5.74) is 1.28. The van der Waals surface area contributed by atoms with Gasteiger partial charge in [0.2, 0.25) is 0 Å². The fourth-order valence-corrected chi connectivity index (χ4v) is 3.11. The Hall–Kier alpha value is -2.27. The number of benzene rings is 2. The molecule has 0 atom stereocenters. The van der Waals surface area contributed by atoms with Crippen molar-refractivity contribution in [3.63, 3.8) is 0 Å². The molecule has 0 amide bonds. The molecule has 5 heteroatoms. The van der Waals surface area contributed by atoms with Crippen LogP contribution in [0.4, 0.5) is 5.69 Å². The third kappa shape index (κ3) is 1.77. The highest BCUT2D eigenvalue weighted by molar-refractivity contribution is 6.15. The second kappa shape index (κ2) is 4.36. The van der Waals surface area contributed by atoms with Gasteiger partial charge in [-0.05, 0) is 13.1 Å². The number of aromatic hydroxyl groups is 1. The van der Waals surface area contributed by atoms with Gasteiger partial charge in [0.05, 0.1) is 11.3 Å². The summed E-state index contributed by atoms with van der Waals surface area (Å²) in [6.07, 6.45) is 0. The third-order valence-corrected chi connectivity index (χ3v) is 4.34. The Bertz CT molecular complexity index is 749. The van der Waals surface area contributed by atoms with Crippen molar-refractivity contribution >= 4 is 22.4 Å². The molecule has 0 spiro atoms. The summed E-state index contributed by atoms with van der Waals surface area (Å²) < 4.78 is 5.34. The molecule has 2 aromatic carbocycles. The lowest BCUT2D eigenvalue weighted by molar-refractivity contribution is 0.0754. The average molecular weight is 284 g/mol. The molecule has 21 heavy (non-hydrogen) atoms. The Balaban J connectivity index is 1.87. The SMILES string of the molecule is CN1CCN(c2cc3c4c(cccc4c2O)C(=O)O3)CC1. The first kappa shape index (κ1) is 12.5. The molecule has 2 aromatic rings. The van der Waals surface area contributed by atoms with Crippen LogP contribution in [0.25, 0.3) is 10.8 Å². The highest BCUT2D eigenvalue weighted by Crippen LogP contribution is 2.45. The zero-order valence-electron chi connectivity index (χ0n) is 11.8. The molecule has 2 heterocycles. The molecule has 2 aliphatic rings. The van der Waals surface area contributed by atoms with E-state index in [-0.39, 0.29) is 11.7 Å². The van der Waals surface area contributed by atoms with Crippen molar-refractivity contribution in [2.24, 2.45) is 0 Å². The van der Waals surface area contributed by atoms with Gasteiger partial charge in [-0.2, -0.15) is 0 Å². The van der Waals surface area contributed by atoms with E-state index in [1.54, 1.807) is 18.2 Å². The maximum absolute atomic E-state index is 11.9. The summed E-state index contributed by atoms with van der Waals surface area (Å²) in [7, 11) is 2.09. The van der Waals surface area contributed by atoms with Crippen LogP contribution in [0.3, 0.4) is 0 Å². The van der Waals surface area contributed by atoms with Crippen LogP contribution < -0.4 is 9.64 Å². The van der Waals surface area contributed by atoms with Crippen molar-refractivity contribution in [1.82, 2.24) is 4.90 Å².